The summed E-state index contributed by atoms with van der Waals surface area (Å²) in [5, 5.41) is 12.5. The fraction of sp³-hybridized carbons (Fsp3) is 0.296. The number of benzene rings is 2. The highest BCUT2D eigenvalue weighted by atomic mass is 19.4. The molecule has 0 aliphatic carbocycles. The topological polar surface area (TPSA) is 72.3 Å². The van der Waals surface area contributed by atoms with Gasteiger partial charge in [-0.25, -0.2) is 0 Å². The average Bonchev–Trinajstić information content (AvgIpc) is 2.90. The summed E-state index contributed by atoms with van der Waals surface area (Å²) in [4.78, 5) is 21.6. The first-order valence-corrected chi connectivity index (χ1v) is 11.7. The standard InChI is InChI=1S/C27H24F3N5O/c28-27(29,30)21-5-6-24-20(13-21)14-22(26(36)33-16-18-7-9-32-10-8-18)25-17-34(11-12-35(24)25)23-4-2-1-3-19(23)15-31/h1-10,13,22,25H,11-12,14,16-17H2,(H,33,36)/t22-,25-/m0/s1. The Kier molecular flexibility index (Phi) is 6.27. The number of pyridine rings is 1. The zero-order valence-electron chi connectivity index (χ0n) is 19.4. The molecule has 36 heavy (non-hydrogen) atoms. The molecule has 0 unspecified atom stereocenters. The summed E-state index contributed by atoms with van der Waals surface area (Å²) in [6.45, 7) is 1.89. The third-order valence-electron chi connectivity index (χ3n) is 6.96. The molecular weight excluding hydrogens is 467 g/mol. The SMILES string of the molecule is N#Cc1ccccc1N1CCN2c3ccc(C(F)(F)F)cc3C[C@H](C(=O)NCc3ccncc3)[C@@H]2C1. The molecule has 0 radical (unpaired) electrons. The third kappa shape index (κ3) is 4.59. The molecule has 1 N–H and O–H groups in total. The quantitative estimate of drug-likeness (QED) is 0.594. The first kappa shape index (κ1) is 23.7. The van der Waals surface area contributed by atoms with Gasteiger partial charge in [-0.3, -0.25) is 9.78 Å². The molecule has 2 aliphatic heterocycles. The zero-order chi connectivity index (χ0) is 25.3. The molecule has 0 bridgehead atoms. The number of carbonyl (C=O) groups excluding carboxylic acids is 1. The van der Waals surface area contributed by atoms with Gasteiger partial charge in [-0.15, -0.1) is 0 Å². The molecule has 0 spiro atoms. The molecule has 3 heterocycles. The van der Waals surface area contributed by atoms with Gasteiger partial charge in [-0.2, -0.15) is 18.4 Å². The number of nitriles is 1. The van der Waals surface area contributed by atoms with Crippen LogP contribution in [0.15, 0.2) is 67.0 Å². The number of halogens is 3. The maximum absolute atomic E-state index is 13.4. The van der Waals surface area contributed by atoms with Gasteiger partial charge < -0.3 is 15.1 Å². The third-order valence-corrected chi connectivity index (χ3v) is 6.96. The van der Waals surface area contributed by atoms with Crippen LogP contribution >= 0.6 is 0 Å². The fourth-order valence-corrected chi connectivity index (χ4v) is 5.18. The van der Waals surface area contributed by atoms with E-state index in [2.05, 4.69) is 26.2 Å². The van der Waals surface area contributed by atoms with Crippen LogP contribution in [0.5, 0.6) is 0 Å². The molecule has 1 saturated heterocycles. The number of alkyl halides is 3. The van der Waals surface area contributed by atoms with E-state index in [-0.39, 0.29) is 18.4 Å². The van der Waals surface area contributed by atoms with E-state index in [0.717, 1.165) is 23.0 Å². The molecule has 1 aromatic heterocycles. The summed E-state index contributed by atoms with van der Waals surface area (Å²) in [5.74, 6) is -0.764. The maximum atomic E-state index is 13.4. The highest BCUT2D eigenvalue weighted by molar-refractivity contribution is 5.82. The molecule has 184 valence electrons. The Morgan fingerprint density at radius 1 is 1.08 bits per heavy atom. The van der Waals surface area contributed by atoms with Gasteiger partial charge in [0.2, 0.25) is 5.91 Å². The maximum Gasteiger partial charge on any atom is 0.416 e. The van der Waals surface area contributed by atoms with E-state index in [1.807, 2.05) is 18.2 Å². The van der Waals surface area contributed by atoms with Crippen molar-refractivity contribution in [2.45, 2.75) is 25.2 Å². The number of nitrogens with one attached hydrogen (secondary N) is 1. The number of piperazine rings is 1. The summed E-state index contributed by atoms with van der Waals surface area (Å²) >= 11 is 0. The average molecular weight is 492 g/mol. The normalized spacial score (nSPS) is 19.2. The highest BCUT2D eigenvalue weighted by Crippen LogP contribution is 2.40. The van der Waals surface area contributed by atoms with Crippen molar-refractivity contribution < 1.29 is 18.0 Å². The first-order valence-electron chi connectivity index (χ1n) is 11.7. The number of para-hydroxylation sites is 1. The van der Waals surface area contributed by atoms with Crippen LogP contribution in [0.4, 0.5) is 24.5 Å². The second kappa shape index (κ2) is 9.53. The number of carbonyl (C=O) groups is 1. The van der Waals surface area contributed by atoms with Crippen molar-refractivity contribution >= 4 is 17.3 Å². The van der Waals surface area contributed by atoms with Gasteiger partial charge in [-0.1, -0.05) is 12.1 Å². The number of amides is 1. The monoisotopic (exact) mass is 491 g/mol. The van der Waals surface area contributed by atoms with Crippen molar-refractivity contribution in [3.05, 3.63) is 89.2 Å². The highest BCUT2D eigenvalue weighted by Gasteiger charge is 2.43. The van der Waals surface area contributed by atoms with E-state index in [4.69, 9.17) is 0 Å². The fourth-order valence-electron chi connectivity index (χ4n) is 5.18. The Hall–Kier alpha value is -4.06. The van der Waals surface area contributed by atoms with Crippen molar-refractivity contribution in [3.8, 4) is 6.07 Å². The molecule has 2 aliphatic rings. The van der Waals surface area contributed by atoms with Crippen molar-refractivity contribution in [3.63, 3.8) is 0 Å². The summed E-state index contributed by atoms with van der Waals surface area (Å²) in [6.07, 6.45) is -0.962. The number of fused-ring (bicyclic) bond motifs is 3. The Labute approximate surface area is 207 Å². The number of rotatable bonds is 4. The van der Waals surface area contributed by atoms with Gasteiger partial charge in [-0.05, 0) is 60.0 Å². The number of aromatic nitrogens is 1. The minimum atomic E-state index is -4.45. The Bertz CT molecular complexity index is 1300. The van der Waals surface area contributed by atoms with Gasteiger partial charge in [0.05, 0.1) is 28.8 Å². The van der Waals surface area contributed by atoms with E-state index in [1.165, 1.54) is 12.1 Å². The van der Waals surface area contributed by atoms with E-state index in [0.29, 0.717) is 37.3 Å². The van der Waals surface area contributed by atoms with Crippen LogP contribution in [0.2, 0.25) is 0 Å². The summed E-state index contributed by atoms with van der Waals surface area (Å²) in [5.41, 5.74) is 2.79. The molecule has 1 fully saturated rings. The van der Waals surface area contributed by atoms with Crippen LogP contribution in [-0.2, 0) is 23.9 Å². The summed E-state index contributed by atoms with van der Waals surface area (Å²) in [6, 6.07) is 16.7. The lowest BCUT2D eigenvalue weighted by Gasteiger charge is -2.49. The molecule has 3 aromatic rings. The van der Waals surface area contributed by atoms with E-state index < -0.39 is 17.7 Å². The minimum Gasteiger partial charge on any atom is -0.367 e. The molecule has 1 amide bonds. The lowest BCUT2D eigenvalue weighted by molar-refractivity contribution is -0.137. The predicted molar refractivity (Wildman–Crippen MR) is 129 cm³/mol. The molecule has 5 rings (SSSR count). The van der Waals surface area contributed by atoms with Crippen molar-refractivity contribution in [2.75, 3.05) is 29.4 Å². The molecular formula is C27H24F3N5O. The van der Waals surface area contributed by atoms with E-state index in [9.17, 15) is 23.2 Å². The molecule has 9 heteroatoms. The van der Waals surface area contributed by atoms with Gasteiger partial charge in [0, 0.05) is 44.3 Å². The van der Waals surface area contributed by atoms with Crippen LogP contribution in [-0.4, -0.2) is 36.6 Å². The molecule has 2 atom stereocenters. The van der Waals surface area contributed by atoms with Crippen molar-refractivity contribution in [1.29, 1.82) is 5.26 Å². The molecule has 6 nitrogen and oxygen atoms in total. The summed E-state index contributed by atoms with van der Waals surface area (Å²) in [7, 11) is 0. The van der Waals surface area contributed by atoms with Gasteiger partial charge in [0.25, 0.3) is 0 Å². The van der Waals surface area contributed by atoms with Gasteiger partial charge >= 0.3 is 6.18 Å². The largest absolute Gasteiger partial charge is 0.416 e. The Morgan fingerprint density at radius 2 is 1.86 bits per heavy atom. The number of hydrogen-bond acceptors (Lipinski definition) is 5. The first-order chi connectivity index (χ1) is 17.3. The van der Waals surface area contributed by atoms with Crippen molar-refractivity contribution in [1.82, 2.24) is 10.3 Å². The smallest absolute Gasteiger partial charge is 0.367 e. The zero-order valence-corrected chi connectivity index (χ0v) is 19.4. The van der Waals surface area contributed by atoms with Crippen LogP contribution < -0.4 is 15.1 Å². The van der Waals surface area contributed by atoms with Crippen LogP contribution in [0, 0.1) is 17.2 Å². The summed E-state index contributed by atoms with van der Waals surface area (Å²) < 4.78 is 40.3. The number of nitrogens with zero attached hydrogens (tertiary/aromatic N) is 4. The second-order valence-corrected chi connectivity index (χ2v) is 9.06. The lowest BCUT2D eigenvalue weighted by atomic mass is 9.82. The van der Waals surface area contributed by atoms with Gasteiger partial charge in [0.1, 0.15) is 6.07 Å². The van der Waals surface area contributed by atoms with E-state index >= 15 is 0 Å². The second-order valence-electron chi connectivity index (χ2n) is 9.06. The Morgan fingerprint density at radius 3 is 2.61 bits per heavy atom. The number of anilines is 2. The Balaban J connectivity index is 1.46. The van der Waals surface area contributed by atoms with Crippen LogP contribution in [0.1, 0.15) is 22.3 Å². The van der Waals surface area contributed by atoms with E-state index in [1.54, 1.807) is 30.6 Å². The molecule has 0 saturated carbocycles. The van der Waals surface area contributed by atoms with Gasteiger partial charge in [0.15, 0.2) is 0 Å². The lowest BCUT2D eigenvalue weighted by Crippen LogP contribution is -2.61. The van der Waals surface area contributed by atoms with Crippen LogP contribution in [0.3, 0.4) is 0 Å². The molecule has 2 aromatic carbocycles. The predicted octanol–water partition coefficient (Wildman–Crippen LogP) is 4.16. The van der Waals surface area contributed by atoms with Crippen LogP contribution in [0.25, 0.3) is 0 Å². The number of hydrogen-bond donors (Lipinski definition) is 1. The minimum absolute atomic E-state index is 0.205. The van der Waals surface area contributed by atoms with Crippen molar-refractivity contribution in [2.24, 2.45) is 5.92 Å².